The van der Waals surface area contributed by atoms with Crippen molar-refractivity contribution in [3.63, 3.8) is 0 Å². The Hall–Kier alpha value is -1.34. The molecule has 4 rings (SSSR count). The number of fused-ring (bicyclic) bond motifs is 1. The topological polar surface area (TPSA) is 70.8 Å². The van der Waals surface area contributed by atoms with E-state index in [1.807, 2.05) is 4.90 Å². The van der Waals surface area contributed by atoms with Crippen molar-refractivity contribution in [1.29, 1.82) is 0 Å². The fourth-order valence-electron chi connectivity index (χ4n) is 4.82. The monoisotopic (exact) mass is 380 g/mol. The van der Waals surface area contributed by atoms with Crippen LogP contribution in [-0.4, -0.2) is 49.2 Å². The van der Waals surface area contributed by atoms with Crippen LogP contribution in [0.4, 0.5) is 0 Å². The summed E-state index contributed by atoms with van der Waals surface area (Å²) in [5.41, 5.74) is 0. The predicted molar refractivity (Wildman–Crippen MR) is 97.3 cm³/mol. The van der Waals surface area contributed by atoms with Gasteiger partial charge in [0.25, 0.3) is 15.9 Å². The number of piperidine rings is 2. The van der Waals surface area contributed by atoms with E-state index in [1.165, 1.54) is 35.7 Å². The third-order valence-electron chi connectivity index (χ3n) is 6.21. The minimum absolute atomic E-state index is 0.0973. The van der Waals surface area contributed by atoms with Gasteiger partial charge in [-0.2, -0.15) is 4.31 Å². The van der Waals surface area contributed by atoms with Crippen LogP contribution in [0.15, 0.2) is 21.6 Å². The van der Waals surface area contributed by atoms with Crippen LogP contribution in [0, 0.1) is 5.92 Å². The Morgan fingerprint density at radius 1 is 0.923 bits per heavy atom. The number of carbonyl (C=O) groups excluding carboxylic acids is 1. The summed E-state index contributed by atoms with van der Waals surface area (Å²) in [5, 5.41) is -0.0973. The number of amides is 1. The fraction of sp³-hybridized carbons (Fsp3) is 0.737. The van der Waals surface area contributed by atoms with Crippen LogP contribution >= 0.6 is 0 Å². The lowest BCUT2D eigenvalue weighted by molar-refractivity contribution is 0.0357. The van der Waals surface area contributed by atoms with Crippen molar-refractivity contribution < 1.29 is 17.6 Å². The molecule has 1 aliphatic carbocycles. The number of sulfonamides is 1. The van der Waals surface area contributed by atoms with Crippen LogP contribution in [0.1, 0.15) is 68.3 Å². The van der Waals surface area contributed by atoms with Crippen molar-refractivity contribution in [2.75, 3.05) is 19.6 Å². The van der Waals surface area contributed by atoms with Crippen molar-refractivity contribution in [3.8, 4) is 0 Å². The molecule has 0 spiro atoms. The largest absolute Gasteiger partial charge is 0.438 e. The zero-order valence-electron chi connectivity index (χ0n) is 15.2. The number of likely N-dealkylation sites (tertiary alicyclic amines) is 1. The molecule has 0 bridgehead atoms. The Labute approximate surface area is 155 Å². The Kier molecular flexibility index (Phi) is 5.10. The zero-order chi connectivity index (χ0) is 18.1. The molecule has 1 aromatic rings. The predicted octanol–water partition coefficient (Wildman–Crippen LogP) is 3.25. The van der Waals surface area contributed by atoms with Gasteiger partial charge in [-0.15, -0.1) is 0 Å². The van der Waals surface area contributed by atoms with Gasteiger partial charge in [0.05, 0.1) is 0 Å². The average molecular weight is 381 g/mol. The van der Waals surface area contributed by atoms with Crippen molar-refractivity contribution in [2.24, 2.45) is 5.92 Å². The maximum Gasteiger partial charge on any atom is 0.289 e. The number of carbonyl (C=O) groups is 1. The first kappa shape index (κ1) is 18.0. The summed E-state index contributed by atoms with van der Waals surface area (Å²) >= 11 is 0. The maximum atomic E-state index is 13.0. The molecule has 3 fully saturated rings. The van der Waals surface area contributed by atoms with Gasteiger partial charge >= 0.3 is 0 Å². The average Bonchev–Trinajstić information content (AvgIpc) is 3.19. The Bertz CT molecular complexity index is 749. The molecule has 1 amide bonds. The van der Waals surface area contributed by atoms with Gasteiger partial charge in [-0.3, -0.25) is 4.79 Å². The Balaban J connectivity index is 1.52. The van der Waals surface area contributed by atoms with E-state index in [1.54, 1.807) is 0 Å². The summed E-state index contributed by atoms with van der Waals surface area (Å²) in [4.78, 5) is 14.9. The first-order chi connectivity index (χ1) is 12.6. The van der Waals surface area contributed by atoms with E-state index >= 15 is 0 Å². The highest BCUT2D eigenvalue weighted by atomic mass is 32.2. The van der Waals surface area contributed by atoms with E-state index in [4.69, 9.17) is 4.42 Å². The molecule has 2 saturated heterocycles. The molecule has 26 heavy (non-hydrogen) atoms. The summed E-state index contributed by atoms with van der Waals surface area (Å²) in [6.45, 7) is 1.80. The van der Waals surface area contributed by atoms with Gasteiger partial charge in [0.15, 0.2) is 5.76 Å². The summed E-state index contributed by atoms with van der Waals surface area (Å²) < 4.78 is 32.5. The molecular formula is C19H28N2O4S. The van der Waals surface area contributed by atoms with Gasteiger partial charge < -0.3 is 9.32 Å². The molecule has 2 aliphatic heterocycles. The standard InChI is InChI=1S/C19H28N2O4S/c22-19(21-14-6-8-15-7-2-3-9-16(15)21)17-10-11-18(25-17)26(23,24)20-12-4-1-5-13-20/h10-11,15-16H,1-9,12-14H2/t15-,16+/m0/s1. The van der Waals surface area contributed by atoms with Crippen molar-refractivity contribution >= 4 is 15.9 Å². The first-order valence-corrected chi connectivity index (χ1v) is 11.4. The summed E-state index contributed by atoms with van der Waals surface area (Å²) in [7, 11) is -3.63. The van der Waals surface area contributed by atoms with Crippen LogP contribution in [0.2, 0.25) is 0 Å². The number of nitrogens with zero attached hydrogens (tertiary/aromatic N) is 2. The van der Waals surface area contributed by atoms with E-state index in [0.29, 0.717) is 19.0 Å². The third-order valence-corrected chi connectivity index (χ3v) is 7.98. The third kappa shape index (κ3) is 3.31. The normalized spacial score (nSPS) is 27.9. The van der Waals surface area contributed by atoms with Gasteiger partial charge in [0.1, 0.15) is 0 Å². The second kappa shape index (κ2) is 7.35. The molecule has 2 atom stereocenters. The van der Waals surface area contributed by atoms with E-state index in [2.05, 4.69) is 0 Å². The van der Waals surface area contributed by atoms with Crippen LogP contribution in [0.3, 0.4) is 0 Å². The van der Waals surface area contributed by atoms with Crippen LogP contribution in [0.5, 0.6) is 0 Å². The van der Waals surface area contributed by atoms with Gasteiger partial charge in [0.2, 0.25) is 5.09 Å². The SMILES string of the molecule is O=C(c1ccc(S(=O)(=O)N2CCCCC2)o1)N1CCC[C@@H]2CCCC[C@H]21. The summed E-state index contributed by atoms with van der Waals surface area (Å²) in [5.74, 6) is 0.599. The Morgan fingerprint density at radius 3 is 2.46 bits per heavy atom. The van der Waals surface area contributed by atoms with Crippen LogP contribution < -0.4 is 0 Å². The molecule has 3 heterocycles. The molecule has 1 aromatic heterocycles. The molecule has 3 aliphatic rings. The van der Waals surface area contributed by atoms with Gasteiger partial charge in [-0.25, -0.2) is 8.42 Å². The van der Waals surface area contributed by atoms with Crippen molar-refractivity contribution in [2.45, 2.75) is 68.9 Å². The highest BCUT2D eigenvalue weighted by molar-refractivity contribution is 7.89. The lowest BCUT2D eigenvalue weighted by atomic mass is 9.78. The van der Waals surface area contributed by atoms with E-state index in [0.717, 1.165) is 45.1 Å². The summed E-state index contributed by atoms with van der Waals surface area (Å²) in [6.07, 6.45) is 9.70. The van der Waals surface area contributed by atoms with Crippen LogP contribution in [0.25, 0.3) is 0 Å². The lowest BCUT2D eigenvalue weighted by Gasteiger charge is -2.43. The second-order valence-corrected chi connectivity index (χ2v) is 9.70. The molecule has 6 nitrogen and oxygen atoms in total. The highest BCUT2D eigenvalue weighted by Crippen LogP contribution is 2.36. The second-order valence-electron chi connectivity index (χ2n) is 7.84. The lowest BCUT2D eigenvalue weighted by Crippen LogP contribution is -2.49. The number of hydrogen-bond acceptors (Lipinski definition) is 4. The summed E-state index contributed by atoms with van der Waals surface area (Å²) in [6, 6.07) is 3.27. The zero-order valence-corrected chi connectivity index (χ0v) is 16.0. The molecule has 1 saturated carbocycles. The Morgan fingerprint density at radius 2 is 1.65 bits per heavy atom. The quantitative estimate of drug-likeness (QED) is 0.807. The maximum absolute atomic E-state index is 13.0. The molecule has 0 radical (unpaired) electrons. The van der Waals surface area contributed by atoms with Gasteiger partial charge in [-0.1, -0.05) is 19.3 Å². The fourth-order valence-corrected chi connectivity index (χ4v) is 6.25. The van der Waals surface area contributed by atoms with E-state index in [-0.39, 0.29) is 22.8 Å². The molecular weight excluding hydrogens is 352 g/mol. The van der Waals surface area contributed by atoms with Gasteiger partial charge in [0, 0.05) is 25.7 Å². The van der Waals surface area contributed by atoms with E-state index in [9.17, 15) is 13.2 Å². The minimum Gasteiger partial charge on any atom is -0.438 e. The van der Waals surface area contributed by atoms with Crippen molar-refractivity contribution in [3.05, 3.63) is 17.9 Å². The van der Waals surface area contributed by atoms with Gasteiger partial charge in [-0.05, 0) is 56.6 Å². The van der Waals surface area contributed by atoms with E-state index < -0.39 is 10.0 Å². The smallest absolute Gasteiger partial charge is 0.289 e. The van der Waals surface area contributed by atoms with Crippen LogP contribution in [-0.2, 0) is 10.0 Å². The first-order valence-electron chi connectivity index (χ1n) is 9.98. The molecule has 7 heteroatoms. The number of hydrogen-bond donors (Lipinski definition) is 0. The molecule has 0 N–H and O–H groups in total. The minimum atomic E-state index is -3.63. The highest BCUT2D eigenvalue weighted by Gasteiger charge is 2.37. The number of rotatable bonds is 3. The van der Waals surface area contributed by atoms with Crippen molar-refractivity contribution in [1.82, 2.24) is 9.21 Å². The molecule has 144 valence electrons. The number of furan rings is 1. The molecule has 0 unspecified atom stereocenters. The molecule has 0 aromatic carbocycles.